The molecule has 1 aromatic carbocycles. The van der Waals surface area contributed by atoms with Crippen LogP contribution in [0.1, 0.15) is 25.3 Å². The molecule has 0 spiro atoms. The summed E-state index contributed by atoms with van der Waals surface area (Å²) in [5.74, 6) is 1.75. The third kappa shape index (κ3) is 7.92. The number of nitrogens with zero attached hydrogens (tertiary/aromatic N) is 3. The topological polar surface area (TPSA) is 58.9 Å². The van der Waals surface area contributed by atoms with Gasteiger partial charge in [-0.3, -0.25) is 9.79 Å². The predicted octanol–water partition coefficient (Wildman–Crippen LogP) is 3.35. The van der Waals surface area contributed by atoms with Gasteiger partial charge >= 0.3 is 0 Å². The van der Waals surface area contributed by atoms with Crippen molar-refractivity contribution < 1.29 is 4.74 Å². The van der Waals surface area contributed by atoms with E-state index in [0.29, 0.717) is 6.61 Å². The molecule has 2 rings (SSSR count). The molecule has 0 aliphatic rings. The van der Waals surface area contributed by atoms with Gasteiger partial charge in [-0.05, 0) is 43.5 Å². The number of nitrogens with one attached hydrogen (secondary N) is 1. The Hall–Kier alpha value is -2.03. The first-order valence-corrected chi connectivity index (χ1v) is 9.43. The van der Waals surface area contributed by atoms with E-state index in [2.05, 4.69) is 27.3 Å². The fourth-order valence-electron chi connectivity index (χ4n) is 2.84. The molecule has 1 aromatic heterocycles. The van der Waals surface area contributed by atoms with E-state index < -0.39 is 0 Å². The first kappa shape index (κ1) is 24.0. The van der Waals surface area contributed by atoms with Crippen LogP contribution in [-0.2, 0) is 13.1 Å². The summed E-state index contributed by atoms with van der Waals surface area (Å²) in [6, 6.07) is 13.4. The molecule has 0 unspecified atom stereocenters. The lowest BCUT2D eigenvalue weighted by Gasteiger charge is -2.22. The lowest BCUT2D eigenvalue weighted by molar-refractivity contribution is 0.340. The van der Waals surface area contributed by atoms with E-state index in [1.165, 1.54) is 5.56 Å². The van der Waals surface area contributed by atoms with Crippen molar-refractivity contribution in [2.24, 2.45) is 4.99 Å². The minimum absolute atomic E-state index is 0. The van der Waals surface area contributed by atoms with Gasteiger partial charge < -0.3 is 19.5 Å². The molecule has 0 radical (unpaired) electrons. The first-order chi connectivity index (χ1) is 13.1. The van der Waals surface area contributed by atoms with Crippen molar-refractivity contribution in [2.75, 3.05) is 27.2 Å². The molecule has 0 bridgehead atoms. The smallest absolute Gasteiger partial charge is 0.250 e. The van der Waals surface area contributed by atoms with Gasteiger partial charge in [-0.2, -0.15) is 0 Å². The normalized spacial score (nSPS) is 10.9. The van der Waals surface area contributed by atoms with E-state index in [9.17, 15) is 4.79 Å². The third-order valence-electron chi connectivity index (χ3n) is 4.24. The average molecular weight is 498 g/mol. The first-order valence-electron chi connectivity index (χ1n) is 9.43. The van der Waals surface area contributed by atoms with Gasteiger partial charge in [0.25, 0.3) is 0 Å². The van der Waals surface area contributed by atoms with Gasteiger partial charge in [-0.25, -0.2) is 0 Å². The van der Waals surface area contributed by atoms with Crippen LogP contribution in [0.25, 0.3) is 0 Å². The number of rotatable bonds is 9. The molecule has 0 aliphatic heterocycles. The summed E-state index contributed by atoms with van der Waals surface area (Å²) in [6.45, 7) is 4.99. The van der Waals surface area contributed by atoms with Crippen LogP contribution in [-0.4, -0.2) is 42.7 Å². The standard InChI is InChI=1S/C21H30N4O2.HI/c1-4-27-19-12-10-18(11-13-19)17-24(3)21(22-2)23-14-6-8-16-25-15-7-5-9-20(25)26;/h5,7,9-13,15H,4,6,8,14,16-17H2,1-3H3,(H,22,23);1H. The van der Waals surface area contributed by atoms with Crippen LogP contribution in [0.15, 0.2) is 58.4 Å². The molecule has 0 amide bonds. The Kier molecular flexibility index (Phi) is 11.3. The van der Waals surface area contributed by atoms with Crippen molar-refractivity contribution in [2.45, 2.75) is 32.9 Å². The predicted molar refractivity (Wildman–Crippen MR) is 126 cm³/mol. The summed E-state index contributed by atoms with van der Waals surface area (Å²) >= 11 is 0. The fourth-order valence-corrected chi connectivity index (χ4v) is 2.84. The van der Waals surface area contributed by atoms with Crippen molar-refractivity contribution >= 4 is 29.9 Å². The SMILES string of the molecule is CCOc1ccc(CN(C)C(=NC)NCCCCn2ccccc2=O)cc1.I. The average Bonchev–Trinajstić information content (AvgIpc) is 2.67. The van der Waals surface area contributed by atoms with Gasteiger partial charge in [0.05, 0.1) is 6.61 Å². The second kappa shape index (κ2) is 13.2. The van der Waals surface area contributed by atoms with Gasteiger partial charge in [-0.1, -0.05) is 18.2 Å². The molecule has 28 heavy (non-hydrogen) atoms. The Morgan fingerprint density at radius 1 is 1.18 bits per heavy atom. The van der Waals surface area contributed by atoms with Crippen LogP contribution >= 0.6 is 24.0 Å². The van der Waals surface area contributed by atoms with Crippen LogP contribution in [0.2, 0.25) is 0 Å². The number of aromatic nitrogens is 1. The van der Waals surface area contributed by atoms with Gasteiger partial charge in [0.2, 0.25) is 5.56 Å². The number of guanidine groups is 1. The van der Waals surface area contributed by atoms with Gasteiger partial charge in [0, 0.05) is 46.0 Å². The minimum atomic E-state index is 0. The van der Waals surface area contributed by atoms with Gasteiger partial charge in [0.1, 0.15) is 5.75 Å². The maximum atomic E-state index is 11.7. The molecule has 0 aliphatic carbocycles. The van der Waals surface area contributed by atoms with Crippen LogP contribution in [0.4, 0.5) is 0 Å². The molecule has 154 valence electrons. The number of pyridine rings is 1. The molecule has 0 fully saturated rings. The lowest BCUT2D eigenvalue weighted by atomic mass is 10.2. The number of unbranched alkanes of at least 4 members (excludes halogenated alkanes) is 1. The number of aryl methyl sites for hydroxylation is 1. The number of aliphatic imine (C=N–C) groups is 1. The zero-order chi connectivity index (χ0) is 19.5. The lowest BCUT2D eigenvalue weighted by Crippen LogP contribution is -2.38. The van der Waals surface area contributed by atoms with E-state index in [4.69, 9.17) is 4.74 Å². The molecule has 6 nitrogen and oxygen atoms in total. The maximum Gasteiger partial charge on any atom is 0.250 e. The zero-order valence-corrected chi connectivity index (χ0v) is 19.3. The van der Waals surface area contributed by atoms with Crippen molar-refractivity contribution in [1.29, 1.82) is 0 Å². The molecular weight excluding hydrogens is 467 g/mol. The molecule has 1 N–H and O–H groups in total. The summed E-state index contributed by atoms with van der Waals surface area (Å²) in [4.78, 5) is 18.1. The number of hydrogen-bond donors (Lipinski definition) is 1. The highest BCUT2D eigenvalue weighted by molar-refractivity contribution is 14.0. The zero-order valence-electron chi connectivity index (χ0n) is 16.9. The summed E-state index contributed by atoms with van der Waals surface area (Å²) < 4.78 is 7.22. The highest BCUT2D eigenvalue weighted by Crippen LogP contribution is 2.13. The van der Waals surface area contributed by atoms with Crippen molar-refractivity contribution in [3.8, 4) is 5.75 Å². The Morgan fingerprint density at radius 2 is 1.93 bits per heavy atom. The Labute approximate surface area is 184 Å². The van der Waals surface area contributed by atoms with E-state index in [1.807, 2.05) is 38.4 Å². The minimum Gasteiger partial charge on any atom is -0.494 e. The molecule has 2 aromatic rings. The summed E-state index contributed by atoms with van der Waals surface area (Å²) in [7, 11) is 3.82. The van der Waals surface area contributed by atoms with Crippen LogP contribution in [0.5, 0.6) is 5.75 Å². The Balaban J connectivity index is 0.00000392. The third-order valence-corrected chi connectivity index (χ3v) is 4.24. The van der Waals surface area contributed by atoms with E-state index in [-0.39, 0.29) is 29.5 Å². The van der Waals surface area contributed by atoms with E-state index >= 15 is 0 Å². The second-order valence-corrected chi connectivity index (χ2v) is 6.35. The van der Waals surface area contributed by atoms with Crippen molar-refractivity contribution in [3.05, 3.63) is 64.6 Å². The number of halogens is 1. The maximum absolute atomic E-state index is 11.7. The molecule has 0 saturated heterocycles. The fraction of sp³-hybridized carbons (Fsp3) is 0.429. The molecule has 7 heteroatoms. The Bertz CT molecular complexity index is 774. The number of hydrogen-bond acceptors (Lipinski definition) is 3. The molecule has 0 saturated carbocycles. The molecular formula is C21H31IN4O2. The van der Waals surface area contributed by atoms with Crippen LogP contribution < -0.4 is 15.6 Å². The summed E-state index contributed by atoms with van der Waals surface area (Å²) in [5.41, 5.74) is 1.25. The quantitative estimate of drug-likeness (QED) is 0.250. The van der Waals surface area contributed by atoms with E-state index in [1.54, 1.807) is 23.7 Å². The summed E-state index contributed by atoms with van der Waals surface area (Å²) in [6.07, 6.45) is 3.74. The highest BCUT2D eigenvalue weighted by Gasteiger charge is 2.06. The highest BCUT2D eigenvalue weighted by atomic mass is 127. The molecule has 0 atom stereocenters. The number of benzene rings is 1. The van der Waals surface area contributed by atoms with Crippen molar-refractivity contribution in [1.82, 2.24) is 14.8 Å². The molecule has 1 heterocycles. The number of ether oxygens (including phenoxy) is 1. The summed E-state index contributed by atoms with van der Waals surface area (Å²) in [5, 5.41) is 3.39. The van der Waals surface area contributed by atoms with E-state index in [0.717, 1.165) is 44.2 Å². The largest absolute Gasteiger partial charge is 0.494 e. The van der Waals surface area contributed by atoms with Crippen LogP contribution in [0, 0.1) is 0 Å². The second-order valence-electron chi connectivity index (χ2n) is 6.35. The van der Waals surface area contributed by atoms with Gasteiger partial charge in [-0.15, -0.1) is 24.0 Å². The van der Waals surface area contributed by atoms with Gasteiger partial charge in [0.15, 0.2) is 5.96 Å². The Morgan fingerprint density at radius 3 is 2.57 bits per heavy atom. The van der Waals surface area contributed by atoms with Crippen molar-refractivity contribution in [3.63, 3.8) is 0 Å². The van der Waals surface area contributed by atoms with Crippen LogP contribution in [0.3, 0.4) is 0 Å². The monoisotopic (exact) mass is 498 g/mol.